The lowest BCUT2D eigenvalue weighted by Crippen LogP contribution is -1.94. The molecule has 0 aromatic carbocycles. The summed E-state index contributed by atoms with van der Waals surface area (Å²) in [6, 6.07) is 0. The third-order valence-corrected chi connectivity index (χ3v) is 3.80. The van der Waals surface area contributed by atoms with E-state index < -0.39 is 7.60 Å². The molecule has 0 saturated heterocycles. The summed E-state index contributed by atoms with van der Waals surface area (Å²) in [7, 11) is -0.882. The summed E-state index contributed by atoms with van der Waals surface area (Å²) in [6.07, 6.45) is 2.92. The van der Waals surface area contributed by atoms with Crippen molar-refractivity contribution in [2.75, 3.05) is 14.2 Å². The second-order valence-corrected chi connectivity index (χ2v) is 5.50. The van der Waals surface area contributed by atoms with Crippen LogP contribution in [-0.2, 0) is 18.4 Å². The Balaban J connectivity index is 4.60. The van der Waals surface area contributed by atoms with Gasteiger partial charge in [-0.2, -0.15) is 0 Å². The molecule has 0 rings (SSSR count). The summed E-state index contributed by atoms with van der Waals surface area (Å²) in [5, 5.41) is 0.0602. The molecule has 0 atom stereocenters. The molecule has 5 heteroatoms. The Hall–Kier alpha value is -0.660. The minimum Gasteiger partial charge on any atom is -0.308 e. The van der Waals surface area contributed by atoms with E-state index in [-0.39, 0.29) is 5.31 Å². The first-order chi connectivity index (χ1) is 7.00. The van der Waals surface area contributed by atoms with Crippen LogP contribution in [0.5, 0.6) is 0 Å². The molecule has 0 heterocycles. The van der Waals surface area contributed by atoms with Crippen molar-refractivity contribution < 1.29 is 18.4 Å². The van der Waals surface area contributed by atoms with Crippen LogP contribution in [0.2, 0.25) is 0 Å². The molecule has 0 aliphatic heterocycles. The lowest BCUT2D eigenvalue weighted by atomic mass is 10.2. The van der Waals surface area contributed by atoms with Crippen LogP contribution in [0, 0.1) is 0 Å². The Bertz CT molecular complexity index is 314. The van der Waals surface area contributed by atoms with Crippen LogP contribution >= 0.6 is 7.60 Å². The van der Waals surface area contributed by atoms with Gasteiger partial charge in [0.15, 0.2) is 0 Å². The molecule has 0 aromatic heterocycles. The molecule has 0 fully saturated rings. The average Bonchev–Trinajstić information content (AvgIpc) is 2.23. The van der Waals surface area contributed by atoms with Gasteiger partial charge in [-0.25, -0.2) is 4.79 Å². The Morgan fingerprint density at radius 2 is 1.87 bits per heavy atom. The molecule has 0 amide bonds. The van der Waals surface area contributed by atoms with Crippen LogP contribution in [0.4, 0.5) is 0 Å². The maximum Gasteiger partial charge on any atom is 0.367 e. The summed E-state index contributed by atoms with van der Waals surface area (Å²) in [6.45, 7) is 3.91. The van der Waals surface area contributed by atoms with Gasteiger partial charge in [0.25, 0.3) is 0 Å². The Morgan fingerprint density at radius 3 is 2.20 bits per heavy atom. The number of allylic oxidation sites excluding steroid dienone is 3. The standard InChI is InChI=1S/C10H17O4P/c1-9(2)6-5-7-10(8-11)15(12,13-3)14-4/h6H,5,7H2,1-4H3. The molecule has 0 aliphatic carbocycles. The predicted molar refractivity (Wildman–Crippen MR) is 59.5 cm³/mol. The third-order valence-electron chi connectivity index (χ3n) is 1.86. The lowest BCUT2D eigenvalue weighted by Gasteiger charge is -2.13. The van der Waals surface area contributed by atoms with Gasteiger partial charge in [-0.05, 0) is 26.7 Å². The number of rotatable bonds is 6. The van der Waals surface area contributed by atoms with Crippen molar-refractivity contribution in [3.63, 3.8) is 0 Å². The van der Waals surface area contributed by atoms with Crippen LogP contribution in [-0.4, -0.2) is 20.2 Å². The molecular weight excluding hydrogens is 215 g/mol. The van der Waals surface area contributed by atoms with Crippen molar-refractivity contribution in [3.05, 3.63) is 17.0 Å². The van der Waals surface area contributed by atoms with E-state index in [0.717, 1.165) is 5.57 Å². The molecular formula is C10H17O4P. The van der Waals surface area contributed by atoms with E-state index in [1.54, 1.807) is 5.94 Å². The van der Waals surface area contributed by atoms with Crippen molar-refractivity contribution in [2.45, 2.75) is 26.7 Å². The summed E-state index contributed by atoms with van der Waals surface area (Å²) < 4.78 is 21.2. The topological polar surface area (TPSA) is 52.6 Å². The van der Waals surface area contributed by atoms with Gasteiger partial charge in [0.05, 0.1) is 0 Å². The molecule has 15 heavy (non-hydrogen) atoms. The van der Waals surface area contributed by atoms with E-state index in [4.69, 9.17) is 9.05 Å². The quantitative estimate of drug-likeness (QED) is 0.401. The highest BCUT2D eigenvalue weighted by molar-refractivity contribution is 7.58. The maximum absolute atomic E-state index is 11.8. The van der Waals surface area contributed by atoms with E-state index in [1.165, 1.54) is 14.2 Å². The van der Waals surface area contributed by atoms with Crippen LogP contribution in [0.3, 0.4) is 0 Å². The second kappa shape index (κ2) is 6.76. The highest BCUT2D eigenvalue weighted by Gasteiger charge is 2.28. The summed E-state index contributed by atoms with van der Waals surface area (Å²) >= 11 is 0. The fraction of sp³-hybridized carbons (Fsp3) is 0.600. The van der Waals surface area contributed by atoms with Crippen molar-refractivity contribution in [1.82, 2.24) is 0 Å². The molecule has 0 radical (unpaired) electrons. The van der Waals surface area contributed by atoms with Gasteiger partial charge in [-0.3, -0.25) is 4.57 Å². The van der Waals surface area contributed by atoms with E-state index in [1.807, 2.05) is 19.9 Å². The highest BCUT2D eigenvalue weighted by atomic mass is 31.2. The van der Waals surface area contributed by atoms with E-state index in [2.05, 4.69) is 0 Å². The minimum absolute atomic E-state index is 0.0602. The van der Waals surface area contributed by atoms with Crippen LogP contribution in [0.1, 0.15) is 26.7 Å². The van der Waals surface area contributed by atoms with Crippen LogP contribution < -0.4 is 0 Å². The van der Waals surface area contributed by atoms with Crippen molar-refractivity contribution in [1.29, 1.82) is 0 Å². The molecule has 0 bridgehead atoms. The molecule has 86 valence electrons. The first-order valence-electron chi connectivity index (χ1n) is 4.59. The zero-order chi connectivity index (χ0) is 11.9. The van der Waals surface area contributed by atoms with Crippen molar-refractivity contribution in [2.24, 2.45) is 0 Å². The molecule has 0 aromatic rings. The zero-order valence-electron chi connectivity index (χ0n) is 9.57. The summed E-state index contributed by atoms with van der Waals surface area (Å²) in [4.78, 5) is 10.6. The van der Waals surface area contributed by atoms with Crippen LogP contribution in [0.15, 0.2) is 17.0 Å². The van der Waals surface area contributed by atoms with E-state index >= 15 is 0 Å². The number of hydrogen-bond donors (Lipinski definition) is 0. The van der Waals surface area contributed by atoms with E-state index in [0.29, 0.717) is 12.8 Å². The smallest absolute Gasteiger partial charge is 0.308 e. The van der Waals surface area contributed by atoms with Gasteiger partial charge in [-0.15, -0.1) is 0 Å². The Labute approximate surface area is 90.5 Å². The molecule has 0 spiro atoms. The minimum atomic E-state index is -3.39. The molecule has 0 N–H and O–H groups in total. The fourth-order valence-corrected chi connectivity index (χ4v) is 2.14. The lowest BCUT2D eigenvalue weighted by molar-refractivity contribution is 0.282. The van der Waals surface area contributed by atoms with Gasteiger partial charge in [-0.1, -0.05) is 11.6 Å². The third kappa shape index (κ3) is 4.59. The molecule has 0 saturated carbocycles. The van der Waals surface area contributed by atoms with Gasteiger partial charge in [0.1, 0.15) is 11.3 Å². The van der Waals surface area contributed by atoms with Crippen LogP contribution in [0.25, 0.3) is 0 Å². The normalized spacial score (nSPS) is 10.7. The first kappa shape index (κ1) is 14.3. The first-order valence-corrected chi connectivity index (χ1v) is 6.14. The zero-order valence-corrected chi connectivity index (χ0v) is 10.5. The Morgan fingerprint density at radius 1 is 1.33 bits per heavy atom. The number of hydrogen-bond acceptors (Lipinski definition) is 4. The largest absolute Gasteiger partial charge is 0.367 e. The average molecular weight is 232 g/mol. The predicted octanol–water partition coefficient (Wildman–Crippen LogP) is 2.93. The monoisotopic (exact) mass is 232 g/mol. The SMILES string of the molecule is COP(=O)(OC)C(=C=O)CCC=C(C)C. The Kier molecular flexibility index (Phi) is 6.46. The van der Waals surface area contributed by atoms with Gasteiger partial charge >= 0.3 is 7.60 Å². The summed E-state index contributed by atoms with van der Waals surface area (Å²) in [5.74, 6) is 1.64. The van der Waals surface area contributed by atoms with E-state index in [9.17, 15) is 9.36 Å². The second-order valence-electron chi connectivity index (χ2n) is 3.23. The van der Waals surface area contributed by atoms with Gasteiger partial charge < -0.3 is 9.05 Å². The highest BCUT2D eigenvalue weighted by Crippen LogP contribution is 2.55. The molecule has 0 unspecified atom stereocenters. The van der Waals surface area contributed by atoms with Crippen molar-refractivity contribution in [3.8, 4) is 0 Å². The molecule has 0 aliphatic rings. The summed E-state index contributed by atoms with van der Waals surface area (Å²) in [5.41, 5.74) is 1.14. The molecule has 4 nitrogen and oxygen atoms in total. The van der Waals surface area contributed by atoms with Gasteiger partial charge in [0.2, 0.25) is 0 Å². The maximum atomic E-state index is 11.8. The van der Waals surface area contributed by atoms with Gasteiger partial charge in [0, 0.05) is 14.2 Å². The number of carbonyl (C=O) groups excluding carboxylic acids is 1. The fourth-order valence-electron chi connectivity index (χ4n) is 1.04. The van der Waals surface area contributed by atoms with Crippen molar-refractivity contribution >= 4 is 13.5 Å².